The fraction of sp³-hybridized carbons (Fsp3) is 0.852. The summed E-state index contributed by atoms with van der Waals surface area (Å²) in [7, 11) is 1.58. The Morgan fingerprint density at radius 3 is 1.05 bits per heavy atom. The maximum atomic E-state index is 14.3. The van der Waals surface area contributed by atoms with Gasteiger partial charge in [0, 0.05) is 106 Å². The van der Waals surface area contributed by atoms with E-state index in [0.717, 1.165) is 0 Å². The van der Waals surface area contributed by atoms with Crippen LogP contribution in [0.2, 0.25) is 0 Å². The number of aliphatic hydroxyl groups excluding tert-OH is 9. The van der Waals surface area contributed by atoms with Gasteiger partial charge in [-0.05, 0) is 96.3 Å². The topological polar surface area (TPSA) is 509 Å². The fourth-order valence-corrected chi connectivity index (χ4v) is 10.7. The summed E-state index contributed by atoms with van der Waals surface area (Å²) in [5.74, 6) is -3.88. The number of methoxy groups -OCH3 is 1. The molecule has 0 saturated carbocycles. The molecule has 3 aliphatic heterocycles. The lowest BCUT2D eigenvalue weighted by atomic mass is 9.97. The van der Waals surface area contributed by atoms with Crippen molar-refractivity contribution in [3.8, 4) is 0 Å². The Morgan fingerprint density at radius 1 is 0.368 bits per heavy atom. The fourth-order valence-electron chi connectivity index (χ4n) is 10.7. The van der Waals surface area contributed by atoms with Gasteiger partial charge in [-0.25, -0.2) is 0 Å². The molecule has 0 spiro atoms. The average Bonchev–Trinajstić information content (AvgIpc) is 1.52. The van der Waals surface area contributed by atoms with Crippen LogP contribution >= 0.6 is 0 Å². The molecule has 0 bridgehead atoms. The zero-order valence-electron chi connectivity index (χ0n) is 55.3. The van der Waals surface area contributed by atoms with Crippen LogP contribution in [0, 0.1) is 0 Å². The first kappa shape index (κ1) is 83.8. The van der Waals surface area contributed by atoms with Crippen LogP contribution in [0.25, 0.3) is 0 Å². The summed E-state index contributed by atoms with van der Waals surface area (Å²) in [5, 5.41) is 116. The molecular formula is C61H109N9O25. The number of nitrogens with one attached hydrogen (secondary N) is 9. The number of aliphatic hydroxyl groups is 9. The van der Waals surface area contributed by atoms with Gasteiger partial charge in [-0.15, -0.1) is 0 Å². The second-order valence-electron chi connectivity index (χ2n) is 24.0. The molecule has 18 N–H and O–H groups in total. The van der Waals surface area contributed by atoms with Crippen molar-refractivity contribution >= 4 is 53.2 Å². The third-order valence-electron chi connectivity index (χ3n) is 16.0. The van der Waals surface area contributed by atoms with E-state index >= 15 is 0 Å². The molecule has 3 aliphatic rings. The van der Waals surface area contributed by atoms with Crippen molar-refractivity contribution in [3.63, 3.8) is 0 Å². The zero-order chi connectivity index (χ0) is 70.2. The molecule has 3 rings (SSSR count). The average molecular weight is 1370 g/mol. The zero-order valence-corrected chi connectivity index (χ0v) is 55.3. The van der Waals surface area contributed by atoms with Crippen LogP contribution in [0.5, 0.6) is 0 Å². The SMILES string of the molecule is COCCCNC(=O)CCCCCNC(=O)C(CCCCNC(=O)CCCCO[C@@H]1OC(CO)[C@H](O)[C@H](O)C1NC(C)=O)NC(=O)C(CCCCNC(=O)CCCCO[C@@H]1OC(CO)[C@H](O)[C@H](O)C1NC(C)=O)NC(=O)CCCCO[C@@H]1OC(CO)[C@H](O)[C@H](O)C1NC(C)=O. The van der Waals surface area contributed by atoms with Crippen molar-refractivity contribution in [1.82, 2.24) is 47.9 Å². The molecule has 17 atom stereocenters. The quantitative estimate of drug-likeness (QED) is 0.0253. The Hall–Kier alpha value is -5.41. The van der Waals surface area contributed by atoms with Gasteiger partial charge in [0.05, 0.1) is 19.8 Å². The Bertz CT molecular complexity index is 2290. The Balaban J connectivity index is 1.63. The van der Waals surface area contributed by atoms with Crippen LogP contribution in [0.3, 0.4) is 0 Å². The predicted octanol–water partition coefficient (Wildman–Crippen LogP) is -5.25. The van der Waals surface area contributed by atoms with Gasteiger partial charge in [0.1, 0.15) is 85.1 Å². The lowest BCUT2D eigenvalue weighted by molar-refractivity contribution is -0.270. The number of carbonyl (C=O) groups excluding carboxylic acids is 9. The lowest BCUT2D eigenvalue weighted by Gasteiger charge is -2.42. The summed E-state index contributed by atoms with van der Waals surface area (Å²) < 4.78 is 39.0. The van der Waals surface area contributed by atoms with Crippen LogP contribution in [-0.2, 0) is 76.3 Å². The van der Waals surface area contributed by atoms with Gasteiger partial charge in [-0.2, -0.15) is 0 Å². The van der Waals surface area contributed by atoms with Crippen molar-refractivity contribution in [2.75, 3.05) is 79.5 Å². The maximum Gasteiger partial charge on any atom is 0.243 e. The maximum absolute atomic E-state index is 14.3. The van der Waals surface area contributed by atoms with E-state index in [4.69, 9.17) is 33.2 Å². The summed E-state index contributed by atoms with van der Waals surface area (Å²) in [5.41, 5.74) is 0. The highest BCUT2D eigenvalue weighted by molar-refractivity contribution is 5.92. The molecule has 0 aromatic rings. The van der Waals surface area contributed by atoms with Crippen LogP contribution < -0.4 is 47.9 Å². The third kappa shape index (κ3) is 32.2. The van der Waals surface area contributed by atoms with Gasteiger partial charge in [0.25, 0.3) is 0 Å². The highest BCUT2D eigenvalue weighted by Crippen LogP contribution is 2.26. The smallest absolute Gasteiger partial charge is 0.243 e. The minimum atomic E-state index is -1.52. The number of ether oxygens (including phenoxy) is 7. The summed E-state index contributed by atoms with van der Waals surface area (Å²) in [6.07, 6.45) is -9.60. The number of carbonyl (C=O) groups is 9. The Kier molecular flexibility index (Phi) is 41.9. The monoisotopic (exact) mass is 1370 g/mol. The van der Waals surface area contributed by atoms with E-state index in [2.05, 4.69) is 47.9 Å². The summed E-state index contributed by atoms with van der Waals surface area (Å²) in [6, 6.07) is -5.64. The first-order valence-electron chi connectivity index (χ1n) is 33.2. The van der Waals surface area contributed by atoms with Crippen LogP contribution in [0.15, 0.2) is 0 Å². The first-order chi connectivity index (χ1) is 45.5. The van der Waals surface area contributed by atoms with Gasteiger partial charge < -0.3 is 127 Å². The van der Waals surface area contributed by atoms with E-state index in [1.807, 2.05) is 0 Å². The van der Waals surface area contributed by atoms with Crippen molar-refractivity contribution in [2.45, 2.75) is 253 Å². The normalized spacial score (nSPS) is 26.4. The van der Waals surface area contributed by atoms with Crippen LogP contribution in [0.4, 0.5) is 0 Å². The summed E-state index contributed by atoms with van der Waals surface area (Å²) >= 11 is 0. The van der Waals surface area contributed by atoms with Crippen LogP contribution in [-0.4, -0.2) is 283 Å². The van der Waals surface area contributed by atoms with Crippen molar-refractivity contribution in [1.29, 1.82) is 0 Å². The lowest BCUT2D eigenvalue weighted by Crippen LogP contribution is -2.64. The molecule has 9 amide bonds. The Morgan fingerprint density at radius 2 is 0.695 bits per heavy atom. The molecule has 0 aromatic heterocycles. The van der Waals surface area contributed by atoms with E-state index < -0.39 is 159 Å². The predicted molar refractivity (Wildman–Crippen MR) is 334 cm³/mol. The second-order valence-corrected chi connectivity index (χ2v) is 24.0. The molecular weight excluding hydrogens is 1260 g/mol. The number of hydrogen-bond donors (Lipinski definition) is 18. The molecule has 95 heavy (non-hydrogen) atoms. The molecule has 34 heteroatoms. The van der Waals surface area contributed by atoms with E-state index in [1.54, 1.807) is 7.11 Å². The molecule has 34 nitrogen and oxygen atoms in total. The van der Waals surface area contributed by atoms with Gasteiger partial charge in [0.15, 0.2) is 18.9 Å². The molecule has 0 radical (unpaired) electrons. The molecule has 3 saturated heterocycles. The number of unbranched alkanes of at least 4 members (excludes halogenated alkanes) is 7. The highest BCUT2D eigenvalue weighted by atomic mass is 16.7. The minimum absolute atomic E-state index is 0.0363. The minimum Gasteiger partial charge on any atom is -0.394 e. The summed E-state index contributed by atoms with van der Waals surface area (Å²) in [6.45, 7) is 3.52. The van der Waals surface area contributed by atoms with Crippen molar-refractivity contribution < 1.29 is 122 Å². The van der Waals surface area contributed by atoms with E-state index in [0.29, 0.717) is 96.6 Å². The van der Waals surface area contributed by atoms with Gasteiger partial charge in [-0.1, -0.05) is 6.42 Å². The first-order valence-corrected chi connectivity index (χ1v) is 33.2. The van der Waals surface area contributed by atoms with E-state index in [1.165, 1.54) is 20.8 Å². The third-order valence-corrected chi connectivity index (χ3v) is 16.0. The van der Waals surface area contributed by atoms with E-state index in [-0.39, 0.29) is 102 Å². The van der Waals surface area contributed by atoms with Crippen molar-refractivity contribution in [2.24, 2.45) is 0 Å². The largest absolute Gasteiger partial charge is 0.394 e. The molecule has 0 aromatic carbocycles. The molecule has 0 aliphatic carbocycles. The number of amides is 9. The number of rotatable bonds is 48. The number of hydrogen-bond acceptors (Lipinski definition) is 25. The Labute approximate surface area is 554 Å². The molecule has 548 valence electrons. The molecule has 8 unspecified atom stereocenters. The standard InChI is InChI=1S/C61H109N9O25/c1-36(74)66-48-54(84)51(81)41(33-71)93-59(48)90-30-15-9-22-45(78)62-25-13-7-19-39(57(87)65-27-12-5-6-21-44(77)64-28-18-29-89-4)70-58(88)40(69-47(80)24-11-17-32-92-61-50(68-38(3)76)56(86)53(83)43(35-73)95-61)20-8-14-26-63-46(79)23-10-16-31-91-60-49(67-37(2)75)55(85)52(82)42(34-72)94-60/h39-43,48-56,59-61,71-73,81-86H,5-35H2,1-4H3,(H,62,78)(H,63,79)(H,64,77)(H,65,87)(H,66,74)(H,67,75)(H,68,76)(H,69,80)(H,70,88)/t39?,40?,41?,42?,43?,48?,49?,50?,51-,52-,53-,54+,55+,56+,59+,60+,61+/m0/s1. The van der Waals surface area contributed by atoms with E-state index in [9.17, 15) is 89.1 Å². The van der Waals surface area contributed by atoms with Crippen LogP contribution in [0.1, 0.15) is 149 Å². The van der Waals surface area contributed by atoms with Crippen molar-refractivity contribution in [3.05, 3.63) is 0 Å². The summed E-state index contributed by atoms with van der Waals surface area (Å²) in [4.78, 5) is 115. The van der Waals surface area contributed by atoms with Gasteiger partial charge >= 0.3 is 0 Å². The highest BCUT2D eigenvalue weighted by Gasteiger charge is 2.48. The van der Waals surface area contributed by atoms with Gasteiger partial charge in [0.2, 0.25) is 53.2 Å². The molecule has 3 heterocycles. The second kappa shape index (κ2) is 47.5. The van der Waals surface area contributed by atoms with Gasteiger partial charge in [-0.3, -0.25) is 43.2 Å². The molecule has 3 fully saturated rings.